The third-order valence-electron chi connectivity index (χ3n) is 3.15. The zero-order chi connectivity index (χ0) is 13.6. The van der Waals surface area contributed by atoms with Crippen molar-refractivity contribution >= 4 is 37.3 Å². The fraction of sp³-hybridized carbons (Fsp3) is 0.636. The molecule has 1 fully saturated rings. The Balaban J connectivity index is 2.27. The second kappa shape index (κ2) is 4.86. The summed E-state index contributed by atoms with van der Waals surface area (Å²) in [5.41, 5.74) is -0.417. The average molecular weight is 354 g/mol. The van der Waals surface area contributed by atoms with Gasteiger partial charge in [0.05, 0.1) is 10.4 Å². The molecule has 1 aliphatic carbocycles. The number of hydrogen-bond donors (Lipinski definition) is 2. The van der Waals surface area contributed by atoms with E-state index in [1.807, 2.05) is 13.8 Å². The van der Waals surface area contributed by atoms with Gasteiger partial charge < -0.3 is 5.11 Å². The Morgan fingerprint density at radius 2 is 2.17 bits per heavy atom. The number of halogens is 1. The van der Waals surface area contributed by atoms with Crippen molar-refractivity contribution < 1.29 is 13.5 Å². The van der Waals surface area contributed by atoms with Gasteiger partial charge in [0.15, 0.2) is 0 Å². The monoisotopic (exact) mass is 353 g/mol. The van der Waals surface area contributed by atoms with Crippen molar-refractivity contribution in [2.45, 2.75) is 43.7 Å². The van der Waals surface area contributed by atoms with Crippen LogP contribution >= 0.6 is 27.3 Å². The maximum absolute atomic E-state index is 12.3. The summed E-state index contributed by atoms with van der Waals surface area (Å²) in [6.45, 7) is 3.68. The van der Waals surface area contributed by atoms with E-state index in [1.165, 1.54) is 17.4 Å². The van der Waals surface area contributed by atoms with Gasteiger partial charge in [-0.3, -0.25) is 0 Å². The molecular weight excluding hydrogens is 338 g/mol. The van der Waals surface area contributed by atoms with Gasteiger partial charge in [-0.05, 0) is 54.6 Å². The summed E-state index contributed by atoms with van der Waals surface area (Å²) in [6, 6.07) is 1.51. The largest absolute Gasteiger partial charge is 0.391 e. The smallest absolute Gasteiger partial charge is 0.243 e. The summed E-state index contributed by atoms with van der Waals surface area (Å²) >= 11 is 4.48. The molecule has 1 aromatic rings. The lowest BCUT2D eigenvalue weighted by Gasteiger charge is -2.25. The predicted molar refractivity (Wildman–Crippen MR) is 75.1 cm³/mol. The highest BCUT2D eigenvalue weighted by atomic mass is 79.9. The summed E-state index contributed by atoms with van der Waals surface area (Å²) in [7, 11) is -3.54. The van der Waals surface area contributed by atoms with Crippen LogP contribution in [0.15, 0.2) is 14.7 Å². The second-order valence-corrected chi connectivity index (χ2v) is 9.22. The molecule has 0 bridgehead atoms. The fourth-order valence-electron chi connectivity index (χ4n) is 1.95. The van der Waals surface area contributed by atoms with Crippen LogP contribution in [-0.4, -0.2) is 19.1 Å². The Bertz CT molecular complexity index is 547. The molecule has 7 heteroatoms. The average Bonchev–Trinajstić information content (AvgIpc) is 3.01. The Morgan fingerprint density at radius 3 is 2.61 bits per heavy atom. The van der Waals surface area contributed by atoms with Crippen molar-refractivity contribution in [3.8, 4) is 0 Å². The topological polar surface area (TPSA) is 66.4 Å². The molecule has 0 aliphatic heterocycles. The van der Waals surface area contributed by atoms with Crippen LogP contribution in [0, 0.1) is 5.92 Å². The first-order valence-electron chi connectivity index (χ1n) is 5.69. The molecule has 0 spiro atoms. The number of aliphatic hydroxyl groups excluding tert-OH is 1. The van der Waals surface area contributed by atoms with Gasteiger partial charge in [0.2, 0.25) is 10.0 Å². The molecule has 1 aliphatic rings. The van der Waals surface area contributed by atoms with E-state index in [9.17, 15) is 8.42 Å². The second-order valence-electron chi connectivity index (χ2n) is 5.11. The first-order chi connectivity index (χ1) is 8.26. The summed E-state index contributed by atoms with van der Waals surface area (Å²) in [5.74, 6) is 0.419. The Kier molecular flexibility index (Phi) is 3.91. The normalized spacial score (nSPS) is 17.1. The quantitative estimate of drug-likeness (QED) is 0.854. The van der Waals surface area contributed by atoms with Gasteiger partial charge in [-0.25, -0.2) is 13.1 Å². The van der Waals surface area contributed by atoms with Crippen molar-refractivity contribution in [3.05, 3.63) is 14.7 Å². The van der Waals surface area contributed by atoms with Crippen molar-refractivity contribution in [2.24, 2.45) is 5.92 Å². The van der Waals surface area contributed by atoms with E-state index in [0.717, 1.165) is 12.8 Å². The molecule has 1 aromatic heterocycles. The van der Waals surface area contributed by atoms with Gasteiger partial charge in [0.1, 0.15) is 4.90 Å². The summed E-state index contributed by atoms with van der Waals surface area (Å²) in [4.78, 5) is 0.844. The van der Waals surface area contributed by atoms with Crippen molar-refractivity contribution in [3.63, 3.8) is 0 Å². The van der Waals surface area contributed by atoms with Crippen molar-refractivity contribution in [1.82, 2.24) is 4.72 Å². The SMILES string of the molecule is CC(C)(NS(=O)(=O)c1cc(CO)sc1Br)C1CC1. The molecule has 2 N–H and O–H groups in total. The van der Waals surface area contributed by atoms with E-state index in [1.54, 1.807) is 0 Å². The molecule has 0 atom stereocenters. The lowest BCUT2D eigenvalue weighted by Crippen LogP contribution is -2.45. The van der Waals surface area contributed by atoms with Crippen molar-refractivity contribution in [1.29, 1.82) is 0 Å². The standard InChI is InChI=1S/C11H16BrNO3S2/c1-11(2,7-3-4-7)13-18(15,16)9-5-8(6-14)17-10(9)12/h5,7,13-14H,3-4,6H2,1-2H3. The minimum Gasteiger partial charge on any atom is -0.391 e. The van der Waals surface area contributed by atoms with E-state index >= 15 is 0 Å². The first-order valence-corrected chi connectivity index (χ1v) is 8.78. The van der Waals surface area contributed by atoms with Crippen LogP contribution in [0.4, 0.5) is 0 Å². The number of sulfonamides is 1. The molecule has 1 saturated carbocycles. The fourth-order valence-corrected chi connectivity index (χ4v) is 5.96. The predicted octanol–water partition coefficient (Wildman–Crippen LogP) is 2.47. The van der Waals surface area contributed by atoms with Crippen LogP contribution in [-0.2, 0) is 16.6 Å². The van der Waals surface area contributed by atoms with Crippen LogP contribution in [0.5, 0.6) is 0 Å². The molecule has 0 radical (unpaired) electrons. The molecule has 2 rings (SSSR count). The van der Waals surface area contributed by atoms with Crippen LogP contribution in [0.3, 0.4) is 0 Å². The van der Waals surface area contributed by atoms with Crippen LogP contribution in [0.25, 0.3) is 0 Å². The molecular formula is C11H16BrNO3S2. The van der Waals surface area contributed by atoms with Gasteiger partial charge in [-0.15, -0.1) is 11.3 Å². The number of thiophene rings is 1. The highest BCUT2D eigenvalue weighted by Crippen LogP contribution is 2.40. The maximum atomic E-state index is 12.3. The lowest BCUT2D eigenvalue weighted by atomic mass is 10.0. The molecule has 4 nitrogen and oxygen atoms in total. The number of hydrogen-bond acceptors (Lipinski definition) is 4. The highest BCUT2D eigenvalue weighted by molar-refractivity contribution is 9.11. The van der Waals surface area contributed by atoms with Gasteiger partial charge in [0.25, 0.3) is 0 Å². The molecule has 1 heterocycles. The molecule has 0 unspecified atom stereocenters. The minimum atomic E-state index is -3.54. The Labute approximate surface area is 120 Å². The van der Waals surface area contributed by atoms with Crippen molar-refractivity contribution in [2.75, 3.05) is 0 Å². The van der Waals surface area contributed by atoms with Gasteiger partial charge >= 0.3 is 0 Å². The number of nitrogens with one attached hydrogen (secondary N) is 1. The summed E-state index contributed by atoms with van der Waals surface area (Å²) in [5, 5.41) is 9.05. The molecule has 0 amide bonds. The van der Waals surface area contributed by atoms with Gasteiger partial charge in [0, 0.05) is 10.4 Å². The molecule has 18 heavy (non-hydrogen) atoms. The maximum Gasteiger partial charge on any atom is 0.243 e. The van der Waals surface area contributed by atoms with Gasteiger partial charge in [-0.2, -0.15) is 0 Å². The van der Waals surface area contributed by atoms with Crippen LogP contribution in [0.1, 0.15) is 31.6 Å². The van der Waals surface area contributed by atoms with Gasteiger partial charge in [-0.1, -0.05) is 0 Å². The van der Waals surface area contributed by atoms with E-state index in [2.05, 4.69) is 20.7 Å². The molecule has 102 valence electrons. The van der Waals surface area contributed by atoms with E-state index < -0.39 is 15.6 Å². The third-order valence-corrected chi connectivity index (χ3v) is 7.06. The Morgan fingerprint density at radius 1 is 1.56 bits per heavy atom. The van der Waals surface area contributed by atoms with E-state index in [4.69, 9.17) is 5.11 Å². The zero-order valence-corrected chi connectivity index (χ0v) is 13.5. The zero-order valence-electron chi connectivity index (χ0n) is 10.2. The molecule has 0 aromatic carbocycles. The van der Waals surface area contributed by atoms with E-state index in [-0.39, 0.29) is 11.5 Å². The number of rotatable bonds is 5. The minimum absolute atomic E-state index is 0.148. The van der Waals surface area contributed by atoms with E-state index in [0.29, 0.717) is 14.6 Å². The molecule has 0 saturated heterocycles. The summed E-state index contributed by atoms with van der Waals surface area (Å²) < 4.78 is 27.9. The summed E-state index contributed by atoms with van der Waals surface area (Å²) in [6.07, 6.45) is 2.14. The lowest BCUT2D eigenvalue weighted by molar-refractivity contribution is 0.285. The Hall–Kier alpha value is 0.0500. The third kappa shape index (κ3) is 2.96. The first kappa shape index (κ1) is 14.5. The van der Waals surface area contributed by atoms with Crippen LogP contribution in [0.2, 0.25) is 0 Å². The number of aliphatic hydroxyl groups is 1. The van der Waals surface area contributed by atoms with Crippen LogP contribution < -0.4 is 4.72 Å². The highest BCUT2D eigenvalue weighted by Gasteiger charge is 2.41.